The second kappa shape index (κ2) is 9.94. The lowest BCUT2D eigenvalue weighted by molar-refractivity contribution is -0.129. The average Bonchev–Trinajstić information content (AvgIpc) is 3.24. The molecule has 3 aromatic rings. The first-order valence-electron chi connectivity index (χ1n) is 9.23. The van der Waals surface area contributed by atoms with Crippen molar-refractivity contribution in [3.63, 3.8) is 0 Å². The number of aliphatic carboxylic acids is 1. The van der Waals surface area contributed by atoms with E-state index in [1.54, 1.807) is 31.2 Å². The Labute approximate surface area is 182 Å². The van der Waals surface area contributed by atoms with E-state index < -0.39 is 5.97 Å². The third kappa shape index (κ3) is 5.32. The maximum atomic E-state index is 13.1. The summed E-state index contributed by atoms with van der Waals surface area (Å²) in [5.74, 6) is -1.50. The summed E-state index contributed by atoms with van der Waals surface area (Å²) in [5, 5.41) is 17.2. The van der Waals surface area contributed by atoms with Gasteiger partial charge >= 0.3 is 5.97 Å². The highest BCUT2D eigenvalue weighted by molar-refractivity contribution is 7.09. The molecular weight excluding hydrogens is 421 g/mol. The molecule has 7 nitrogen and oxygen atoms in total. The van der Waals surface area contributed by atoms with Gasteiger partial charge in [0.15, 0.2) is 5.71 Å². The molecule has 0 amide bonds. The molecule has 9 heteroatoms. The number of benzene rings is 2. The Kier molecular flexibility index (Phi) is 7.09. The van der Waals surface area contributed by atoms with Gasteiger partial charge in [0.1, 0.15) is 30.9 Å². The predicted molar refractivity (Wildman–Crippen MR) is 117 cm³/mol. The van der Waals surface area contributed by atoms with Crippen molar-refractivity contribution in [1.82, 2.24) is 4.37 Å². The van der Waals surface area contributed by atoms with Crippen LogP contribution in [0.1, 0.15) is 29.3 Å². The standard InChI is InChI=1S/C22H20FN3O4S/c1-13-5-4-6-17(21(22(27)28)25-29-3)18(13)12-30-24-14(2)19-11-20(31-26-19)15-7-9-16(23)10-8-15/h4-11H,12H2,1-3H3,(H,27,28)/b24-14+,25-21+. The molecule has 0 unspecified atom stereocenters. The summed E-state index contributed by atoms with van der Waals surface area (Å²) in [6.45, 7) is 3.65. The zero-order valence-corrected chi connectivity index (χ0v) is 17.9. The molecule has 2 aromatic carbocycles. The minimum absolute atomic E-state index is 0.0459. The van der Waals surface area contributed by atoms with Crippen molar-refractivity contribution in [2.24, 2.45) is 10.3 Å². The first kappa shape index (κ1) is 22.1. The number of rotatable bonds is 8. The van der Waals surface area contributed by atoms with Gasteiger partial charge in [-0.3, -0.25) is 0 Å². The Balaban J connectivity index is 1.77. The van der Waals surface area contributed by atoms with E-state index in [0.717, 1.165) is 16.0 Å². The highest BCUT2D eigenvalue weighted by Gasteiger charge is 2.19. The lowest BCUT2D eigenvalue weighted by Gasteiger charge is -2.11. The monoisotopic (exact) mass is 441 g/mol. The lowest BCUT2D eigenvalue weighted by atomic mass is 9.99. The second-order valence-corrected chi connectivity index (χ2v) is 7.37. The molecule has 3 rings (SSSR count). The fraction of sp³-hybridized carbons (Fsp3) is 0.182. The smallest absolute Gasteiger partial charge is 0.358 e. The largest absolute Gasteiger partial charge is 0.476 e. The van der Waals surface area contributed by atoms with Gasteiger partial charge in [-0.25, -0.2) is 9.18 Å². The summed E-state index contributed by atoms with van der Waals surface area (Å²) in [5.41, 5.74) is 3.72. The van der Waals surface area contributed by atoms with Crippen LogP contribution in [0.2, 0.25) is 0 Å². The Morgan fingerprint density at radius 1 is 1.19 bits per heavy atom. The molecule has 0 saturated carbocycles. The van der Waals surface area contributed by atoms with Crippen LogP contribution in [0, 0.1) is 12.7 Å². The number of hydrogen-bond donors (Lipinski definition) is 1. The van der Waals surface area contributed by atoms with E-state index in [1.165, 1.54) is 30.8 Å². The van der Waals surface area contributed by atoms with Crippen molar-refractivity contribution in [2.45, 2.75) is 20.5 Å². The van der Waals surface area contributed by atoms with Gasteiger partial charge in [0.05, 0.1) is 4.88 Å². The van der Waals surface area contributed by atoms with Crippen LogP contribution in [-0.4, -0.2) is 34.0 Å². The number of hydrogen-bond acceptors (Lipinski definition) is 7. The molecule has 0 aliphatic carbocycles. The number of carboxylic acids is 1. The molecule has 0 saturated heterocycles. The molecule has 0 atom stereocenters. The highest BCUT2D eigenvalue weighted by Crippen LogP contribution is 2.25. The van der Waals surface area contributed by atoms with Crippen LogP contribution in [0.25, 0.3) is 10.4 Å². The minimum Gasteiger partial charge on any atom is -0.476 e. The zero-order valence-electron chi connectivity index (χ0n) is 17.1. The molecule has 1 heterocycles. The van der Waals surface area contributed by atoms with Crippen LogP contribution in [0.4, 0.5) is 4.39 Å². The highest BCUT2D eigenvalue weighted by atomic mass is 32.1. The van der Waals surface area contributed by atoms with E-state index in [1.807, 2.05) is 19.1 Å². The zero-order chi connectivity index (χ0) is 22.4. The van der Waals surface area contributed by atoms with Crippen LogP contribution in [0.3, 0.4) is 0 Å². The van der Waals surface area contributed by atoms with Gasteiger partial charge in [0, 0.05) is 11.1 Å². The molecule has 0 aliphatic rings. The third-order valence-corrected chi connectivity index (χ3v) is 5.31. The quantitative estimate of drug-likeness (QED) is 0.406. The van der Waals surface area contributed by atoms with Gasteiger partial charge in [-0.2, -0.15) is 4.37 Å². The molecule has 1 aromatic heterocycles. The SMILES string of the molecule is CO/N=C(/C(=O)O)c1cccc(C)c1CO/N=C(\C)c1cc(-c2ccc(F)cc2)sn1. The summed E-state index contributed by atoms with van der Waals surface area (Å²) in [6.07, 6.45) is 0. The first-order chi connectivity index (χ1) is 14.9. The van der Waals surface area contributed by atoms with Crippen LogP contribution < -0.4 is 0 Å². The Morgan fingerprint density at radius 3 is 2.61 bits per heavy atom. The van der Waals surface area contributed by atoms with Gasteiger partial charge in [-0.1, -0.05) is 40.6 Å². The lowest BCUT2D eigenvalue weighted by Crippen LogP contribution is -2.18. The molecule has 0 bridgehead atoms. The topological polar surface area (TPSA) is 93.4 Å². The number of oxime groups is 2. The molecule has 0 aliphatic heterocycles. The molecule has 0 radical (unpaired) electrons. The normalized spacial score (nSPS) is 12.0. The van der Waals surface area contributed by atoms with Crippen molar-refractivity contribution in [3.05, 3.63) is 76.7 Å². The van der Waals surface area contributed by atoms with Crippen LogP contribution in [0.5, 0.6) is 0 Å². The predicted octanol–water partition coefficient (Wildman–Crippen LogP) is 4.63. The number of aromatic nitrogens is 1. The maximum absolute atomic E-state index is 13.1. The Hall–Kier alpha value is -3.59. The summed E-state index contributed by atoms with van der Waals surface area (Å²) in [7, 11) is 1.29. The van der Waals surface area contributed by atoms with Gasteiger partial charge in [0.25, 0.3) is 0 Å². The molecule has 31 heavy (non-hydrogen) atoms. The molecule has 1 N–H and O–H groups in total. The van der Waals surface area contributed by atoms with Crippen LogP contribution in [-0.2, 0) is 21.1 Å². The first-order valence-corrected chi connectivity index (χ1v) is 10.0. The number of halogens is 1. The van der Waals surface area contributed by atoms with Crippen molar-refractivity contribution in [2.75, 3.05) is 7.11 Å². The number of aryl methyl sites for hydroxylation is 1. The summed E-state index contributed by atoms with van der Waals surface area (Å²) >= 11 is 1.28. The van der Waals surface area contributed by atoms with Crippen LogP contribution in [0.15, 0.2) is 58.8 Å². The fourth-order valence-corrected chi connectivity index (χ4v) is 3.63. The summed E-state index contributed by atoms with van der Waals surface area (Å²) in [4.78, 5) is 22.6. The number of carboxylic acid groups (broad SMARTS) is 1. The van der Waals surface area contributed by atoms with E-state index in [4.69, 9.17) is 4.84 Å². The van der Waals surface area contributed by atoms with E-state index >= 15 is 0 Å². The third-order valence-electron chi connectivity index (χ3n) is 4.47. The van der Waals surface area contributed by atoms with E-state index in [-0.39, 0.29) is 18.1 Å². The van der Waals surface area contributed by atoms with Gasteiger partial charge < -0.3 is 14.8 Å². The summed E-state index contributed by atoms with van der Waals surface area (Å²) < 4.78 is 17.5. The van der Waals surface area contributed by atoms with Gasteiger partial charge in [0.2, 0.25) is 0 Å². The van der Waals surface area contributed by atoms with Crippen molar-refractivity contribution in [1.29, 1.82) is 0 Å². The Morgan fingerprint density at radius 2 is 1.94 bits per heavy atom. The van der Waals surface area contributed by atoms with Crippen molar-refractivity contribution < 1.29 is 24.0 Å². The molecule has 0 fully saturated rings. The number of carbonyl (C=O) groups is 1. The second-order valence-electron chi connectivity index (χ2n) is 6.56. The average molecular weight is 441 g/mol. The van der Waals surface area contributed by atoms with E-state index in [2.05, 4.69) is 19.5 Å². The van der Waals surface area contributed by atoms with Gasteiger partial charge in [-0.15, -0.1) is 0 Å². The van der Waals surface area contributed by atoms with E-state index in [9.17, 15) is 14.3 Å². The van der Waals surface area contributed by atoms with Crippen molar-refractivity contribution >= 4 is 28.9 Å². The van der Waals surface area contributed by atoms with Gasteiger partial charge in [-0.05, 0) is 54.7 Å². The summed E-state index contributed by atoms with van der Waals surface area (Å²) in [6, 6.07) is 13.3. The van der Waals surface area contributed by atoms with E-state index in [0.29, 0.717) is 22.5 Å². The minimum atomic E-state index is -1.20. The Bertz CT molecular complexity index is 1140. The molecule has 0 spiro atoms. The number of nitrogens with zero attached hydrogens (tertiary/aromatic N) is 3. The van der Waals surface area contributed by atoms with Crippen LogP contribution >= 0.6 is 11.5 Å². The fourth-order valence-electron chi connectivity index (χ4n) is 2.85. The molecule has 160 valence electrons. The molecular formula is C22H20FN3O4S. The van der Waals surface area contributed by atoms with Crippen molar-refractivity contribution in [3.8, 4) is 10.4 Å². The maximum Gasteiger partial charge on any atom is 0.358 e.